The first-order valence-corrected chi connectivity index (χ1v) is 10.7. The number of hydrogen-bond donors (Lipinski definition) is 1. The quantitative estimate of drug-likeness (QED) is 0.350. The number of carbonyl (C=O) groups excluding carboxylic acids is 1. The molecule has 0 unspecified atom stereocenters. The number of hydrazone groups is 1. The molecule has 1 N–H and O–H groups in total. The predicted octanol–water partition coefficient (Wildman–Crippen LogP) is 4.71. The Hall–Kier alpha value is -4.32. The molecule has 1 amide bonds. The summed E-state index contributed by atoms with van der Waals surface area (Å²) < 4.78 is 17.1. The number of benzene rings is 4. The van der Waals surface area contributed by atoms with Crippen molar-refractivity contribution in [2.45, 2.75) is 12.7 Å². The average molecular weight is 438 g/mol. The van der Waals surface area contributed by atoms with Crippen LogP contribution in [0.4, 0.5) is 0 Å². The number of nitrogens with zero attached hydrogens (tertiary/aromatic N) is 1. The number of fused-ring (bicyclic) bond motifs is 2. The summed E-state index contributed by atoms with van der Waals surface area (Å²) in [6.07, 6.45) is 0.825. The van der Waals surface area contributed by atoms with Crippen LogP contribution in [0.1, 0.15) is 11.1 Å². The third-order valence-corrected chi connectivity index (χ3v) is 5.29. The lowest BCUT2D eigenvalue weighted by Gasteiger charge is -2.24. The smallest absolute Gasteiger partial charge is 0.284 e. The van der Waals surface area contributed by atoms with Gasteiger partial charge in [0.2, 0.25) is 6.10 Å². The van der Waals surface area contributed by atoms with E-state index in [1.54, 1.807) is 18.3 Å². The van der Waals surface area contributed by atoms with Gasteiger partial charge in [-0.1, -0.05) is 48.5 Å². The zero-order valence-corrected chi connectivity index (χ0v) is 17.8. The predicted molar refractivity (Wildman–Crippen MR) is 127 cm³/mol. The summed E-state index contributed by atoms with van der Waals surface area (Å²) in [7, 11) is 0. The number of amides is 1. The molecule has 164 valence electrons. The Kier molecular flexibility index (Phi) is 5.89. The van der Waals surface area contributed by atoms with Gasteiger partial charge in [-0.25, -0.2) is 5.43 Å². The van der Waals surface area contributed by atoms with E-state index in [1.165, 1.54) is 10.8 Å². The van der Waals surface area contributed by atoms with Gasteiger partial charge in [0.05, 0.1) is 6.21 Å². The summed E-state index contributed by atoms with van der Waals surface area (Å²) in [4.78, 5) is 12.3. The number of hydrogen-bond acceptors (Lipinski definition) is 5. The van der Waals surface area contributed by atoms with Gasteiger partial charge in [-0.15, -0.1) is 0 Å². The maximum absolute atomic E-state index is 12.3. The average Bonchev–Trinajstić information content (AvgIpc) is 2.87. The molecule has 5 rings (SSSR count). The van der Waals surface area contributed by atoms with Crippen molar-refractivity contribution in [3.8, 4) is 17.2 Å². The molecule has 0 fully saturated rings. The third kappa shape index (κ3) is 4.96. The molecule has 6 nitrogen and oxygen atoms in total. The van der Waals surface area contributed by atoms with Gasteiger partial charge in [-0.2, -0.15) is 5.10 Å². The molecule has 0 radical (unpaired) electrons. The summed E-state index contributed by atoms with van der Waals surface area (Å²) >= 11 is 0. The molecular formula is C27H22N2O4. The second kappa shape index (κ2) is 9.44. The number of carbonyl (C=O) groups is 1. The van der Waals surface area contributed by atoms with Gasteiger partial charge >= 0.3 is 0 Å². The molecule has 0 saturated heterocycles. The highest BCUT2D eigenvalue weighted by molar-refractivity contribution is 5.85. The Bertz CT molecular complexity index is 1300. The second-order valence-corrected chi connectivity index (χ2v) is 7.64. The van der Waals surface area contributed by atoms with E-state index in [4.69, 9.17) is 14.2 Å². The van der Waals surface area contributed by atoms with Crippen LogP contribution < -0.4 is 19.6 Å². The van der Waals surface area contributed by atoms with Crippen LogP contribution in [0, 0.1) is 0 Å². The Morgan fingerprint density at radius 2 is 1.70 bits per heavy atom. The molecule has 0 spiro atoms. The fraction of sp³-hybridized carbons (Fsp3) is 0.111. The summed E-state index contributed by atoms with van der Waals surface area (Å²) in [5, 5.41) is 6.43. The van der Waals surface area contributed by atoms with E-state index in [-0.39, 0.29) is 12.5 Å². The van der Waals surface area contributed by atoms with Crippen LogP contribution in [0.25, 0.3) is 10.8 Å². The molecule has 6 heteroatoms. The van der Waals surface area contributed by atoms with Crippen molar-refractivity contribution in [3.05, 3.63) is 102 Å². The van der Waals surface area contributed by atoms with Crippen molar-refractivity contribution < 1.29 is 19.0 Å². The monoisotopic (exact) mass is 438 g/mol. The molecule has 1 atom stereocenters. The highest BCUT2D eigenvalue weighted by Gasteiger charge is 2.26. The Balaban J connectivity index is 1.12. The minimum Gasteiger partial charge on any atom is -0.489 e. The van der Waals surface area contributed by atoms with Crippen molar-refractivity contribution in [1.82, 2.24) is 5.43 Å². The largest absolute Gasteiger partial charge is 0.489 e. The van der Waals surface area contributed by atoms with Crippen LogP contribution in [-0.2, 0) is 11.4 Å². The fourth-order valence-electron chi connectivity index (χ4n) is 3.54. The fourth-order valence-corrected chi connectivity index (χ4v) is 3.54. The van der Waals surface area contributed by atoms with Gasteiger partial charge in [0.15, 0.2) is 11.5 Å². The second-order valence-electron chi connectivity index (χ2n) is 7.64. The summed E-state index contributed by atoms with van der Waals surface area (Å²) in [5.74, 6) is 1.58. The van der Waals surface area contributed by atoms with E-state index < -0.39 is 6.10 Å². The molecule has 4 aromatic carbocycles. The van der Waals surface area contributed by atoms with Crippen molar-refractivity contribution in [1.29, 1.82) is 0 Å². The number of rotatable bonds is 6. The van der Waals surface area contributed by atoms with E-state index >= 15 is 0 Å². The van der Waals surface area contributed by atoms with E-state index in [0.29, 0.717) is 18.1 Å². The lowest BCUT2D eigenvalue weighted by Crippen LogP contribution is -2.42. The Morgan fingerprint density at radius 1 is 0.939 bits per heavy atom. The summed E-state index contributed by atoms with van der Waals surface area (Å²) in [6.45, 7) is 0.628. The van der Waals surface area contributed by atoms with E-state index in [9.17, 15) is 4.79 Å². The van der Waals surface area contributed by atoms with Crippen molar-refractivity contribution in [3.63, 3.8) is 0 Å². The maximum atomic E-state index is 12.3. The summed E-state index contributed by atoms with van der Waals surface area (Å²) in [6, 6.07) is 29.3. The molecule has 1 aliphatic rings. The van der Waals surface area contributed by atoms with Crippen molar-refractivity contribution >= 4 is 22.9 Å². The first-order valence-electron chi connectivity index (χ1n) is 10.7. The number of para-hydroxylation sites is 2. The Labute approximate surface area is 191 Å². The van der Waals surface area contributed by atoms with E-state index in [2.05, 4.69) is 40.9 Å². The molecule has 4 aromatic rings. The molecule has 33 heavy (non-hydrogen) atoms. The molecule has 1 heterocycles. The van der Waals surface area contributed by atoms with E-state index in [1.807, 2.05) is 48.5 Å². The SMILES string of the molecule is O=C(N/N=C\c1ccc(OCc2ccc3ccccc3c2)cc1)[C@H]1COc2ccccc2O1. The number of nitrogens with one attached hydrogen (secondary N) is 1. The third-order valence-electron chi connectivity index (χ3n) is 5.29. The van der Waals surface area contributed by atoms with Crippen LogP contribution in [0.15, 0.2) is 96.1 Å². The standard InChI is InChI=1S/C27H22N2O4/c30-27(26-18-32-24-7-3-4-8-25(24)33-26)29-28-16-19-10-13-23(14-11-19)31-17-20-9-12-21-5-1-2-6-22(21)15-20/h1-16,26H,17-18H2,(H,29,30)/b28-16-/t26-/m1/s1. The molecule has 0 aromatic heterocycles. The highest BCUT2D eigenvalue weighted by atomic mass is 16.6. The van der Waals surface area contributed by atoms with E-state index in [0.717, 1.165) is 16.9 Å². The lowest BCUT2D eigenvalue weighted by atomic mass is 10.1. The summed E-state index contributed by atoms with van der Waals surface area (Å²) in [5.41, 5.74) is 4.44. The highest BCUT2D eigenvalue weighted by Crippen LogP contribution is 2.30. The van der Waals surface area contributed by atoms with Gasteiger partial charge in [0.25, 0.3) is 5.91 Å². The molecule has 0 aliphatic carbocycles. The minimum absolute atomic E-state index is 0.140. The molecule has 0 bridgehead atoms. The van der Waals surface area contributed by atoms with Gasteiger partial charge < -0.3 is 14.2 Å². The Morgan fingerprint density at radius 3 is 2.55 bits per heavy atom. The van der Waals surface area contributed by atoms with Crippen LogP contribution in [0.3, 0.4) is 0 Å². The van der Waals surface area contributed by atoms with Crippen LogP contribution in [0.2, 0.25) is 0 Å². The van der Waals surface area contributed by atoms with Crippen molar-refractivity contribution in [2.24, 2.45) is 5.10 Å². The number of ether oxygens (including phenoxy) is 3. The van der Waals surface area contributed by atoms with Crippen LogP contribution >= 0.6 is 0 Å². The van der Waals surface area contributed by atoms with Crippen LogP contribution in [-0.4, -0.2) is 24.8 Å². The topological polar surface area (TPSA) is 69.2 Å². The molecular weight excluding hydrogens is 416 g/mol. The zero-order chi connectivity index (χ0) is 22.5. The van der Waals surface area contributed by atoms with Crippen LogP contribution in [0.5, 0.6) is 17.2 Å². The molecule has 1 aliphatic heterocycles. The normalized spacial score (nSPS) is 14.8. The van der Waals surface area contributed by atoms with Gasteiger partial charge in [0.1, 0.15) is 19.0 Å². The maximum Gasteiger partial charge on any atom is 0.284 e. The minimum atomic E-state index is -0.747. The first-order chi connectivity index (χ1) is 16.2. The molecule has 0 saturated carbocycles. The first kappa shape index (κ1) is 20.6. The lowest BCUT2D eigenvalue weighted by molar-refractivity contribution is -0.130. The zero-order valence-electron chi connectivity index (χ0n) is 17.8. The van der Waals surface area contributed by atoms with Gasteiger partial charge in [0, 0.05) is 0 Å². The van der Waals surface area contributed by atoms with Gasteiger partial charge in [-0.05, 0) is 64.4 Å². The van der Waals surface area contributed by atoms with Gasteiger partial charge in [-0.3, -0.25) is 4.79 Å². The van der Waals surface area contributed by atoms with Crippen molar-refractivity contribution in [2.75, 3.05) is 6.61 Å².